The van der Waals surface area contributed by atoms with E-state index in [2.05, 4.69) is 10.4 Å². The minimum atomic E-state index is -0.813. The Morgan fingerprint density at radius 1 is 1.53 bits per heavy atom. The summed E-state index contributed by atoms with van der Waals surface area (Å²) in [6, 6.07) is 1.82. The SMILES string of the molecule is Cn1nccc1C=CC(=O)N1CCNC(=O)C1(C)C. The van der Waals surface area contributed by atoms with E-state index in [0.717, 1.165) is 5.69 Å². The van der Waals surface area contributed by atoms with Gasteiger partial charge in [0.05, 0.1) is 5.69 Å². The van der Waals surface area contributed by atoms with Crippen LogP contribution < -0.4 is 5.32 Å². The molecule has 2 heterocycles. The first-order chi connectivity index (χ1) is 8.93. The fraction of sp³-hybridized carbons (Fsp3) is 0.462. The van der Waals surface area contributed by atoms with Crippen molar-refractivity contribution in [1.82, 2.24) is 20.0 Å². The van der Waals surface area contributed by atoms with Gasteiger partial charge in [-0.3, -0.25) is 14.3 Å². The second-order valence-corrected chi connectivity index (χ2v) is 5.02. The van der Waals surface area contributed by atoms with Gasteiger partial charge in [-0.2, -0.15) is 5.10 Å². The van der Waals surface area contributed by atoms with Crippen LogP contribution in [0, 0.1) is 0 Å². The number of piperazine rings is 1. The summed E-state index contributed by atoms with van der Waals surface area (Å²) in [5.41, 5.74) is 0.0270. The van der Waals surface area contributed by atoms with E-state index < -0.39 is 5.54 Å². The third-order valence-corrected chi connectivity index (χ3v) is 3.37. The van der Waals surface area contributed by atoms with Gasteiger partial charge in [0.15, 0.2) is 0 Å². The fourth-order valence-electron chi connectivity index (χ4n) is 2.08. The highest BCUT2D eigenvalue weighted by Crippen LogP contribution is 2.18. The molecule has 6 nitrogen and oxygen atoms in total. The summed E-state index contributed by atoms with van der Waals surface area (Å²) >= 11 is 0. The van der Waals surface area contributed by atoms with Crippen LogP contribution in [0.1, 0.15) is 19.5 Å². The Kier molecular flexibility index (Phi) is 3.42. The Morgan fingerprint density at radius 2 is 2.26 bits per heavy atom. The zero-order chi connectivity index (χ0) is 14.0. The zero-order valence-electron chi connectivity index (χ0n) is 11.4. The maximum Gasteiger partial charge on any atom is 0.247 e. The van der Waals surface area contributed by atoms with E-state index >= 15 is 0 Å². The molecule has 0 radical (unpaired) electrons. The first-order valence-corrected chi connectivity index (χ1v) is 6.19. The highest BCUT2D eigenvalue weighted by atomic mass is 16.2. The molecule has 0 unspecified atom stereocenters. The number of hydrogen-bond acceptors (Lipinski definition) is 3. The molecule has 0 spiro atoms. The lowest BCUT2D eigenvalue weighted by Crippen LogP contribution is -2.63. The average molecular weight is 262 g/mol. The molecule has 2 rings (SSSR count). The molecule has 0 atom stereocenters. The predicted octanol–water partition coefficient (Wildman–Crippen LogP) is 0.170. The van der Waals surface area contributed by atoms with Crippen LogP contribution in [0.4, 0.5) is 0 Å². The second-order valence-electron chi connectivity index (χ2n) is 5.02. The van der Waals surface area contributed by atoms with Gasteiger partial charge < -0.3 is 10.2 Å². The van der Waals surface area contributed by atoms with Crippen LogP contribution in [0.5, 0.6) is 0 Å². The van der Waals surface area contributed by atoms with Crippen molar-refractivity contribution in [1.29, 1.82) is 0 Å². The molecule has 102 valence electrons. The van der Waals surface area contributed by atoms with Crippen molar-refractivity contribution in [2.75, 3.05) is 13.1 Å². The Hall–Kier alpha value is -2.11. The normalized spacial score (nSPS) is 18.7. The molecule has 1 aliphatic heterocycles. The molecule has 1 saturated heterocycles. The van der Waals surface area contributed by atoms with Gasteiger partial charge in [-0.05, 0) is 26.0 Å². The highest BCUT2D eigenvalue weighted by Gasteiger charge is 2.39. The maximum atomic E-state index is 12.2. The fourth-order valence-corrected chi connectivity index (χ4v) is 2.08. The average Bonchev–Trinajstić information content (AvgIpc) is 2.75. The lowest BCUT2D eigenvalue weighted by atomic mass is 9.99. The predicted molar refractivity (Wildman–Crippen MR) is 71.0 cm³/mol. The van der Waals surface area contributed by atoms with Gasteiger partial charge >= 0.3 is 0 Å². The zero-order valence-corrected chi connectivity index (χ0v) is 11.4. The summed E-state index contributed by atoms with van der Waals surface area (Å²) in [6.07, 6.45) is 4.86. The number of carbonyl (C=O) groups excluding carboxylic acids is 2. The lowest BCUT2D eigenvalue weighted by molar-refractivity contribution is -0.146. The second kappa shape index (κ2) is 4.87. The largest absolute Gasteiger partial charge is 0.352 e. The first-order valence-electron chi connectivity index (χ1n) is 6.19. The number of aryl methyl sites for hydroxylation is 1. The van der Waals surface area contributed by atoms with Gasteiger partial charge in [0.1, 0.15) is 5.54 Å². The van der Waals surface area contributed by atoms with Crippen molar-refractivity contribution in [2.24, 2.45) is 7.05 Å². The molecule has 1 N–H and O–H groups in total. The van der Waals surface area contributed by atoms with Crippen LogP contribution in [-0.2, 0) is 16.6 Å². The molecule has 2 amide bonds. The van der Waals surface area contributed by atoms with Crippen molar-refractivity contribution in [3.8, 4) is 0 Å². The van der Waals surface area contributed by atoms with Crippen LogP contribution >= 0.6 is 0 Å². The summed E-state index contributed by atoms with van der Waals surface area (Å²) in [4.78, 5) is 25.6. The molecule has 0 aliphatic carbocycles. The number of hydrogen-bond donors (Lipinski definition) is 1. The molecular formula is C13H18N4O2. The third-order valence-electron chi connectivity index (χ3n) is 3.37. The van der Waals surface area contributed by atoms with Gasteiger partial charge in [-0.15, -0.1) is 0 Å². The minimum absolute atomic E-state index is 0.124. The summed E-state index contributed by atoms with van der Waals surface area (Å²) in [5, 5.41) is 6.79. The van der Waals surface area contributed by atoms with Crippen molar-refractivity contribution < 1.29 is 9.59 Å². The molecule has 1 aliphatic rings. The van der Waals surface area contributed by atoms with Crippen molar-refractivity contribution >= 4 is 17.9 Å². The van der Waals surface area contributed by atoms with Crippen molar-refractivity contribution in [3.05, 3.63) is 24.0 Å². The molecule has 6 heteroatoms. The number of nitrogens with one attached hydrogen (secondary N) is 1. The topological polar surface area (TPSA) is 67.2 Å². The van der Waals surface area contributed by atoms with Gasteiger partial charge in [0, 0.05) is 32.4 Å². The van der Waals surface area contributed by atoms with Crippen LogP contribution in [0.2, 0.25) is 0 Å². The van der Waals surface area contributed by atoms with Crippen LogP contribution in [0.3, 0.4) is 0 Å². The van der Waals surface area contributed by atoms with Gasteiger partial charge in [-0.25, -0.2) is 0 Å². The summed E-state index contributed by atoms with van der Waals surface area (Å²) in [7, 11) is 1.81. The van der Waals surface area contributed by atoms with E-state index in [4.69, 9.17) is 0 Å². The van der Waals surface area contributed by atoms with Crippen LogP contribution in [0.25, 0.3) is 6.08 Å². The number of aromatic nitrogens is 2. The summed E-state index contributed by atoms with van der Waals surface area (Å²) in [6.45, 7) is 4.51. The van der Waals surface area contributed by atoms with Crippen LogP contribution in [-0.4, -0.2) is 45.1 Å². The van der Waals surface area contributed by atoms with Gasteiger partial charge in [0.2, 0.25) is 11.8 Å². The molecular weight excluding hydrogens is 244 g/mol. The number of amides is 2. The van der Waals surface area contributed by atoms with Crippen LogP contribution in [0.15, 0.2) is 18.3 Å². The third kappa shape index (κ3) is 2.52. The number of rotatable bonds is 2. The highest BCUT2D eigenvalue weighted by molar-refractivity contribution is 5.97. The smallest absolute Gasteiger partial charge is 0.247 e. The van der Waals surface area contributed by atoms with E-state index in [1.807, 2.05) is 13.1 Å². The Morgan fingerprint density at radius 3 is 2.89 bits per heavy atom. The Bertz CT molecular complexity index is 531. The first kappa shape index (κ1) is 13.3. The maximum absolute atomic E-state index is 12.2. The minimum Gasteiger partial charge on any atom is -0.352 e. The molecule has 0 saturated carbocycles. The van der Waals surface area contributed by atoms with Crippen molar-refractivity contribution in [2.45, 2.75) is 19.4 Å². The molecule has 0 bridgehead atoms. The van der Waals surface area contributed by atoms with E-state index in [-0.39, 0.29) is 11.8 Å². The Balaban J connectivity index is 2.14. The number of carbonyl (C=O) groups is 2. The van der Waals surface area contributed by atoms with E-state index in [0.29, 0.717) is 13.1 Å². The lowest BCUT2D eigenvalue weighted by Gasteiger charge is -2.40. The number of nitrogens with zero attached hydrogens (tertiary/aromatic N) is 3. The molecule has 1 fully saturated rings. The standard InChI is InChI=1S/C13H18N4O2/c1-13(2)12(19)14-8-9-17(13)11(18)5-4-10-6-7-15-16(10)3/h4-7H,8-9H2,1-3H3,(H,14,19). The van der Waals surface area contributed by atoms with E-state index in [1.165, 1.54) is 6.08 Å². The van der Waals surface area contributed by atoms with Gasteiger partial charge in [0.25, 0.3) is 0 Å². The monoisotopic (exact) mass is 262 g/mol. The molecule has 1 aromatic heterocycles. The van der Waals surface area contributed by atoms with Crippen molar-refractivity contribution in [3.63, 3.8) is 0 Å². The van der Waals surface area contributed by atoms with Gasteiger partial charge in [-0.1, -0.05) is 0 Å². The van der Waals surface area contributed by atoms with E-state index in [1.54, 1.807) is 35.7 Å². The van der Waals surface area contributed by atoms with E-state index in [9.17, 15) is 9.59 Å². The summed E-state index contributed by atoms with van der Waals surface area (Å²) in [5.74, 6) is -0.290. The Labute approximate surface area is 112 Å². The molecule has 19 heavy (non-hydrogen) atoms. The molecule has 0 aromatic carbocycles. The molecule has 1 aromatic rings. The summed E-state index contributed by atoms with van der Waals surface area (Å²) < 4.78 is 1.68. The quantitative estimate of drug-likeness (QED) is 0.773.